The lowest BCUT2D eigenvalue weighted by Gasteiger charge is -2.26. The van der Waals surface area contributed by atoms with Crippen molar-refractivity contribution >= 4 is 38.6 Å². The Labute approximate surface area is 129 Å². The van der Waals surface area contributed by atoms with E-state index in [1.54, 1.807) is 12.1 Å². The summed E-state index contributed by atoms with van der Waals surface area (Å²) in [5.74, 6) is -0.0413. The molecule has 0 bridgehead atoms. The van der Waals surface area contributed by atoms with Gasteiger partial charge in [-0.05, 0) is 40.9 Å². The predicted molar refractivity (Wildman–Crippen MR) is 85.2 cm³/mol. The van der Waals surface area contributed by atoms with Gasteiger partial charge in [0.1, 0.15) is 0 Å². The molecule has 1 fully saturated rings. The fraction of sp³-hybridized carbons (Fsp3) is 0.429. The quantitative estimate of drug-likeness (QED) is 0.679. The highest BCUT2D eigenvalue weighted by Gasteiger charge is 2.39. The standard InChI is InChI=1S/C14H17BrN4O2/c15-8-5-10-11(19-13(21)18-10)6-9(8)17-12(20)14(7-16)3-1-2-4-14/h5-6H,1-4,7,16H2,(H,17,20)(H2,18,19,21). The summed E-state index contributed by atoms with van der Waals surface area (Å²) in [5, 5.41) is 2.94. The van der Waals surface area contributed by atoms with Crippen LogP contribution in [0.3, 0.4) is 0 Å². The van der Waals surface area contributed by atoms with Gasteiger partial charge in [-0.25, -0.2) is 4.79 Å². The van der Waals surface area contributed by atoms with E-state index in [2.05, 4.69) is 31.2 Å². The molecule has 1 aliphatic rings. The Bertz CT molecular complexity index is 743. The molecule has 0 saturated heterocycles. The van der Waals surface area contributed by atoms with Gasteiger partial charge in [-0.1, -0.05) is 12.8 Å². The van der Waals surface area contributed by atoms with Crippen LogP contribution in [0.15, 0.2) is 21.4 Å². The van der Waals surface area contributed by atoms with E-state index in [0.29, 0.717) is 23.3 Å². The Balaban J connectivity index is 1.92. The molecule has 6 nitrogen and oxygen atoms in total. The topological polar surface area (TPSA) is 104 Å². The predicted octanol–water partition coefficient (Wildman–Crippen LogP) is 2.08. The van der Waals surface area contributed by atoms with Crippen molar-refractivity contribution in [3.63, 3.8) is 0 Å². The number of H-pyrrole nitrogens is 2. The molecule has 0 aliphatic heterocycles. The zero-order valence-electron chi connectivity index (χ0n) is 11.5. The van der Waals surface area contributed by atoms with E-state index in [1.165, 1.54) is 0 Å². The normalized spacial score (nSPS) is 17.2. The fourth-order valence-electron chi connectivity index (χ4n) is 2.98. The number of rotatable bonds is 3. The van der Waals surface area contributed by atoms with Crippen molar-refractivity contribution in [2.75, 3.05) is 11.9 Å². The number of amides is 1. The van der Waals surface area contributed by atoms with Gasteiger partial charge in [-0.2, -0.15) is 0 Å². The maximum absolute atomic E-state index is 12.6. The van der Waals surface area contributed by atoms with Crippen LogP contribution in [-0.4, -0.2) is 22.4 Å². The second-order valence-corrected chi connectivity index (χ2v) is 6.46. The molecule has 1 amide bonds. The van der Waals surface area contributed by atoms with Gasteiger partial charge < -0.3 is 21.0 Å². The summed E-state index contributed by atoms with van der Waals surface area (Å²) in [6, 6.07) is 3.51. The Morgan fingerprint density at radius 2 is 1.90 bits per heavy atom. The first-order valence-electron chi connectivity index (χ1n) is 6.97. The molecule has 112 valence electrons. The van der Waals surface area contributed by atoms with Crippen molar-refractivity contribution in [3.8, 4) is 0 Å². The van der Waals surface area contributed by atoms with E-state index in [9.17, 15) is 9.59 Å². The van der Waals surface area contributed by atoms with E-state index < -0.39 is 5.41 Å². The molecule has 3 rings (SSSR count). The summed E-state index contributed by atoms with van der Waals surface area (Å²) in [7, 11) is 0. The van der Waals surface area contributed by atoms with E-state index in [-0.39, 0.29) is 11.6 Å². The number of carbonyl (C=O) groups excluding carboxylic acids is 1. The van der Waals surface area contributed by atoms with Crippen LogP contribution in [0.5, 0.6) is 0 Å². The molecule has 7 heteroatoms. The van der Waals surface area contributed by atoms with Crippen molar-refractivity contribution in [2.24, 2.45) is 11.1 Å². The second-order valence-electron chi connectivity index (χ2n) is 5.60. The van der Waals surface area contributed by atoms with Gasteiger partial charge in [-0.15, -0.1) is 0 Å². The van der Waals surface area contributed by atoms with Crippen LogP contribution < -0.4 is 16.7 Å². The highest BCUT2D eigenvalue weighted by atomic mass is 79.9. The number of hydrogen-bond donors (Lipinski definition) is 4. The summed E-state index contributed by atoms with van der Waals surface area (Å²) >= 11 is 3.42. The lowest BCUT2D eigenvalue weighted by atomic mass is 9.85. The minimum Gasteiger partial charge on any atom is -0.329 e. The van der Waals surface area contributed by atoms with Crippen LogP contribution in [0.4, 0.5) is 5.69 Å². The van der Waals surface area contributed by atoms with Gasteiger partial charge >= 0.3 is 5.69 Å². The molecule has 1 aromatic heterocycles. The van der Waals surface area contributed by atoms with Gasteiger partial charge in [-0.3, -0.25) is 4.79 Å². The van der Waals surface area contributed by atoms with E-state index >= 15 is 0 Å². The molecule has 1 aliphatic carbocycles. The first-order valence-corrected chi connectivity index (χ1v) is 7.76. The number of aromatic nitrogens is 2. The molecular formula is C14H17BrN4O2. The van der Waals surface area contributed by atoms with Gasteiger partial charge in [0.25, 0.3) is 0 Å². The Morgan fingerprint density at radius 3 is 2.52 bits per heavy atom. The minimum absolute atomic E-state index is 0.0413. The largest absolute Gasteiger partial charge is 0.329 e. The Kier molecular flexibility index (Phi) is 3.62. The highest BCUT2D eigenvalue weighted by Crippen LogP contribution is 2.39. The summed E-state index contributed by atoms with van der Waals surface area (Å²) in [5.41, 5.74) is 7.10. The monoisotopic (exact) mass is 352 g/mol. The SMILES string of the molecule is NCC1(C(=O)Nc2cc3[nH]c(=O)[nH]c3cc2Br)CCCC1. The lowest BCUT2D eigenvalue weighted by Crippen LogP contribution is -2.40. The molecule has 1 aromatic carbocycles. The number of nitrogens with two attached hydrogens (primary N) is 1. The maximum atomic E-state index is 12.6. The highest BCUT2D eigenvalue weighted by molar-refractivity contribution is 9.10. The van der Waals surface area contributed by atoms with Crippen LogP contribution in [-0.2, 0) is 4.79 Å². The molecular weight excluding hydrogens is 336 g/mol. The molecule has 1 heterocycles. The van der Waals surface area contributed by atoms with Gasteiger partial charge in [0.15, 0.2) is 0 Å². The zero-order chi connectivity index (χ0) is 15.0. The van der Waals surface area contributed by atoms with Gasteiger partial charge in [0.05, 0.1) is 22.1 Å². The molecule has 0 unspecified atom stereocenters. The number of fused-ring (bicyclic) bond motifs is 1. The van der Waals surface area contributed by atoms with Crippen LogP contribution in [0.1, 0.15) is 25.7 Å². The van der Waals surface area contributed by atoms with Crippen LogP contribution in [0.25, 0.3) is 11.0 Å². The maximum Gasteiger partial charge on any atom is 0.323 e. The van der Waals surface area contributed by atoms with Crippen molar-refractivity contribution < 1.29 is 4.79 Å². The first-order chi connectivity index (χ1) is 10.0. The third kappa shape index (κ3) is 2.51. The first kappa shape index (κ1) is 14.3. The number of benzene rings is 1. The van der Waals surface area contributed by atoms with Crippen LogP contribution >= 0.6 is 15.9 Å². The number of carbonyl (C=O) groups is 1. The number of hydrogen-bond acceptors (Lipinski definition) is 3. The number of anilines is 1. The lowest BCUT2D eigenvalue weighted by molar-refractivity contribution is -0.124. The number of halogens is 1. The van der Waals surface area contributed by atoms with E-state index in [0.717, 1.165) is 30.2 Å². The molecule has 2 aromatic rings. The average molecular weight is 353 g/mol. The number of nitrogens with one attached hydrogen (secondary N) is 3. The minimum atomic E-state index is -0.458. The van der Waals surface area contributed by atoms with Crippen molar-refractivity contribution in [3.05, 3.63) is 27.1 Å². The Hall–Kier alpha value is -1.60. The van der Waals surface area contributed by atoms with E-state index in [4.69, 9.17) is 5.73 Å². The van der Waals surface area contributed by atoms with Gasteiger partial charge in [0, 0.05) is 11.0 Å². The van der Waals surface area contributed by atoms with Crippen LogP contribution in [0, 0.1) is 5.41 Å². The average Bonchev–Trinajstić information content (AvgIpc) is 3.05. The summed E-state index contributed by atoms with van der Waals surface area (Å²) < 4.78 is 0.726. The molecule has 1 saturated carbocycles. The number of imidazole rings is 1. The van der Waals surface area contributed by atoms with Crippen LogP contribution in [0.2, 0.25) is 0 Å². The second kappa shape index (κ2) is 5.31. The van der Waals surface area contributed by atoms with Crippen molar-refractivity contribution in [1.29, 1.82) is 0 Å². The third-order valence-electron chi connectivity index (χ3n) is 4.28. The fourth-order valence-corrected chi connectivity index (χ4v) is 3.42. The molecule has 21 heavy (non-hydrogen) atoms. The van der Waals surface area contributed by atoms with Crippen molar-refractivity contribution in [1.82, 2.24) is 9.97 Å². The zero-order valence-corrected chi connectivity index (χ0v) is 13.0. The van der Waals surface area contributed by atoms with Crippen molar-refractivity contribution in [2.45, 2.75) is 25.7 Å². The number of aromatic amines is 2. The molecule has 0 radical (unpaired) electrons. The molecule has 0 spiro atoms. The molecule has 0 atom stereocenters. The summed E-state index contributed by atoms with van der Waals surface area (Å²) in [6.07, 6.45) is 3.73. The van der Waals surface area contributed by atoms with Gasteiger partial charge in [0.2, 0.25) is 5.91 Å². The summed E-state index contributed by atoms with van der Waals surface area (Å²) in [6.45, 7) is 0.361. The third-order valence-corrected chi connectivity index (χ3v) is 4.94. The Morgan fingerprint density at radius 1 is 1.29 bits per heavy atom. The van der Waals surface area contributed by atoms with E-state index in [1.807, 2.05) is 0 Å². The molecule has 5 N–H and O–H groups in total. The summed E-state index contributed by atoms with van der Waals surface area (Å²) in [4.78, 5) is 29.2. The smallest absolute Gasteiger partial charge is 0.323 e.